The molecule has 0 saturated heterocycles. The lowest BCUT2D eigenvalue weighted by molar-refractivity contribution is -0.133. The molecule has 0 unspecified atom stereocenters. The first-order valence-electron chi connectivity index (χ1n) is 6.16. The Morgan fingerprint density at radius 2 is 1.52 bits per heavy atom. The van der Waals surface area contributed by atoms with Crippen LogP contribution in [0.5, 0.6) is 11.5 Å². The van der Waals surface area contributed by atoms with E-state index in [0.717, 1.165) is 5.56 Å². The summed E-state index contributed by atoms with van der Waals surface area (Å²) in [4.78, 5) is 23.4. The number of nitrogens with one attached hydrogen (secondary N) is 2. The maximum Gasteiger partial charge on any atom is 0.314 e. The van der Waals surface area contributed by atoms with Crippen molar-refractivity contribution in [2.75, 3.05) is 10.6 Å². The molecule has 6 nitrogen and oxygen atoms in total. The second kappa shape index (κ2) is 5.96. The number of phenols is 2. The lowest BCUT2D eigenvalue weighted by Crippen LogP contribution is -2.29. The predicted octanol–water partition coefficient (Wildman–Crippen LogP) is 1.98. The Balaban J connectivity index is 2.02. The summed E-state index contributed by atoms with van der Waals surface area (Å²) in [6.07, 6.45) is 0. The minimum Gasteiger partial charge on any atom is -0.508 e. The molecule has 0 radical (unpaired) electrons. The predicted molar refractivity (Wildman–Crippen MR) is 78.2 cm³/mol. The van der Waals surface area contributed by atoms with Gasteiger partial charge in [-0.2, -0.15) is 0 Å². The molecule has 0 spiro atoms. The van der Waals surface area contributed by atoms with Crippen LogP contribution in [0.3, 0.4) is 0 Å². The molecule has 2 amide bonds. The smallest absolute Gasteiger partial charge is 0.314 e. The SMILES string of the molecule is Cc1ccc(NC(=O)C(=O)Nc2ccc(O)cc2)c(O)c1. The normalized spacial score (nSPS) is 9.95. The molecule has 0 saturated carbocycles. The molecule has 2 rings (SSSR count). The van der Waals surface area contributed by atoms with Crippen LogP contribution in [-0.2, 0) is 9.59 Å². The summed E-state index contributed by atoms with van der Waals surface area (Å²) in [5, 5.41) is 23.5. The maximum atomic E-state index is 11.7. The second-order valence-electron chi connectivity index (χ2n) is 4.48. The number of hydrogen-bond donors (Lipinski definition) is 4. The van der Waals surface area contributed by atoms with E-state index >= 15 is 0 Å². The van der Waals surface area contributed by atoms with Gasteiger partial charge in [0.05, 0.1) is 5.69 Å². The van der Waals surface area contributed by atoms with E-state index in [1.165, 1.54) is 36.4 Å². The average Bonchev–Trinajstić information content (AvgIpc) is 2.44. The molecule has 21 heavy (non-hydrogen) atoms. The average molecular weight is 286 g/mol. The first-order valence-corrected chi connectivity index (χ1v) is 6.16. The molecule has 4 N–H and O–H groups in total. The van der Waals surface area contributed by atoms with Crippen molar-refractivity contribution in [3.63, 3.8) is 0 Å². The molecule has 0 heterocycles. The van der Waals surface area contributed by atoms with Gasteiger partial charge in [-0.05, 0) is 48.9 Å². The molecule has 0 fully saturated rings. The molecule has 0 aromatic heterocycles. The van der Waals surface area contributed by atoms with Crippen molar-refractivity contribution in [1.82, 2.24) is 0 Å². The second-order valence-corrected chi connectivity index (χ2v) is 4.48. The van der Waals surface area contributed by atoms with Crippen molar-refractivity contribution >= 4 is 23.2 Å². The molecule has 2 aromatic rings. The number of carbonyl (C=O) groups excluding carboxylic acids is 2. The van der Waals surface area contributed by atoms with E-state index in [0.29, 0.717) is 5.69 Å². The highest BCUT2D eigenvalue weighted by Crippen LogP contribution is 2.23. The fourth-order valence-electron chi connectivity index (χ4n) is 1.66. The Kier molecular flexibility index (Phi) is 4.08. The molecule has 108 valence electrons. The topological polar surface area (TPSA) is 98.7 Å². The van der Waals surface area contributed by atoms with Crippen LogP contribution in [0.15, 0.2) is 42.5 Å². The summed E-state index contributed by atoms with van der Waals surface area (Å²) in [5.41, 5.74) is 1.37. The highest BCUT2D eigenvalue weighted by Gasteiger charge is 2.15. The van der Waals surface area contributed by atoms with Crippen LogP contribution < -0.4 is 10.6 Å². The first kappa shape index (κ1) is 14.4. The summed E-state index contributed by atoms with van der Waals surface area (Å²) >= 11 is 0. The van der Waals surface area contributed by atoms with Gasteiger partial charge in [-0.1, -0.05) is 6.07 Å². The fourth-order valence-corrected chi connectivity index (χ4v) is 1.66. The highest BCUT2D eigenvalue weighted by atomic mass is 16.3. The summed E-state index contributed by atoms with van der Waals surface area (Å²) in [6, 6.07) is 10.4. The Bertz CT molecular complexity index is 681. The van der Waals surface area contributed by atoms with E-state index in [4.69, 9.17) is 5.11 Å². The van der Waals surface area contributed by atoms with Crippen molar-refractivity contribution in [1.29, 1.82) is 0 Å². The van der Waals surface area contributed by atoms with Gasteiger partial charge in [0.25, 0.3) is 0 Å². The number of carbonyl (C=O) groups is 2. The Morgan fingerprint density at radius 1 is 0.905 bits per heavy atom. The first-order chi connectivity index (χ1) is 9.95. The van der Waals surface area contributed by atoms with Crippen molar-refractivity contribution < 1.29 is 19.8 Å². The lowest BCUT2D eigenvalue weighted by atomic mass is 10.2. The van der Waals surface area contributed by atoms with E-state index in [2.05, 4.69) is 10.6 Å². The van der Waals surface area contributed by atoms with Crippen LogP contribution in [0.25, 0.3) is 0 Å². The zero-order valence-electron chi connectivity index (χ0n) is 11.3. The van der Waals surface area contributed by atoms with E-state index < -0.39 is 11.8 Å². The highest BCUT2D eigenvalue weighted by molar-refractivity contribution is 6.43. The number of rotatable bonds is 2. The molecular formula is C15H14N2O4. The molecule has 0 aliphatic carbocycles. The van der Waals surface area contributed by atoms with Crippen molar-refractivity contribution in [3.05, 3.63) is 48.0 Å². The fraction of sp³-hybridized carbons (Fsp3) is 0.0667. The number of hydrogen-bond acceptors (Lipinski definition) is 4. The van der Waals surface area contributed by atoms with Crippen LogP contribution in [0, 0.1) is 6.92 Å². The van der Waals surface area contributed by atoms with E-state index in [1.807, 2.05) is 0 Å². The maximum absolute atomic E-state index is 11.7. The van der Waals surface area contributed by atoms with Gasteiger partial charge in [0.2, 0.25) is 0 Å². The molecule has 0 atom stereocenters. The molecule has 0 aliphatic heterocycles. The minimum absolute atomic E-state index is 0.0574. The van der Waals surface area contributed by atoms with Gasteiger partial charge in [0.1, 0.15) is 11.5 Å². The van der Waals surface area contributed by atoms with Gasteiger partial charge < -0.3 is 20.8 Å². The Hall–Kier alpha value is -3.02. The van der Waals surface area contributed by atoms with Crippen LogP contribution in [0.1, 0.15) is 5.56 Å². The summed E-state index contributed by atoms with van der Waals surface area (Å²) in [7, 11) is 0. The number of anilines is 2. The van der Waals surface area contributed by atoms with Gasteiger partial charge in [-0.25, -0.2) is 0 Å². The van der Waals surface area contributed by atoms with Gasteiger partial charge >= 0.3 is 11.8 Å². The van der Waals surface area contributed by atoms with Gasteiger partial charge in [0.15, 0.2) is 0 Å². The van der Waals surface area contributed by atoms with Gasteiger partial charge in [-0.3, -0.25) is 9.59 Å². The zero-order valence-corrected chi connectivity index (χ0v) is 11.3. The molecule has 2 aromatic carbocycles. The quantitative estimate of drug-likeness (QED) is 0.385. The lowest BCUT2D eigenvalue weighted by Gasteiger charge is -2.08. The van der Waals surface area contributed by atoms with E-state index in [9.17, 15) is 14.7 Å². The van der Waals surface area contributed by atoms with Crippen molar-refractivity contribution in [2.45, 2.75) is 6.92 Å². The van der Waals surface area contributed by atoms with E-state index in [-0.39, 0.29) is 17.2 Å². The van der Waals surface area contributed by atoms with Crippen molar-refractivity contribution in [2.24, 2.45) is 0 Å². The van der Waals surface area contributed by atoms with Crippen LogP contribution in [0.2, 0.25) is 0 Å². The Morgan fingerprint density at radius 3 is 2.14 bits per heavy atom. The van der Waals surface area contributed by atoms with E-state index in [1.54, 1.807) is 13.0 Å². The molecular weight excluding hydrogens is 272 g/mol. The Labute approximate surface area is 121 Å². The summed E-state index contributed by atoms with van der Waals surface area (Å²) in [5.74, 6) is -1.83. The number of benzene rings is 2. The number of phenolic OH excluding ortho intramolecular Hbond substituents is 2. The standard InChI is InChI=1S/C15H14N2O4/c1-9-2-7-12(13(19)8-9)17-15(21)14(20)16-10-3-5-11(18)6-4-10/h2-8,18-19H,1H3,(H,16,20)(H,17,21). The third kappa shape index (κ3) is 3.73. The zero-order chi connectivity index (χ0) is 15.4. The molecule has 0 bridgehead atoms. The monoisotopic (exact) mass is 286 g/mol. The molecule has 0 aliphatic rings. The van der Waals surface area contributed by atoms with Crippen LogP contribution >= 0.6 is 0 Å². The molecule has 6 heteroatoms. The third-order valence-electron chi connectivity index (χ3n) is 2.73. The number of aryl methyl sites for hydroxylation is 1. The van der Waals surface area contributed by atoms with Crippen LogP contribution in [-0.4, -0.2) is 22.0 Å². The van der Waals surface area contributed by atoms with Gasteiger partial charge in [-0.15, -0.1) is 0 Å². The third-order valence-corrected chi connectivity index (χ3v) is 2.73. The number of amides is 2. The summed E-state index contributed by atoms with van der Waals surface area (Å²) < 4.78 is 0. The largest absolute Gasteiger partial charge is 0.508 e. The van der Waals surface area contributed by atoms with Crippen molar-refractivity contribution in [3.8, 4) is 11.5 Å². The number of aromatic hydroxyl groups is 2. The van der Waals surface area contributed by atoms with Crippen LogP contribution in [0.4, 0.5) is 11.4 Å². The summed E-state index contributed by atoms with van der Waals surface area (Å²) in [6.45, 7) is 1.79. The van der Waals surface area contributed by atoms with Gasteiger partial charge in [0, 0.05) is 5.69 Å². The minimum atomic E-state index is -0.901.